The summed E-state index contributed by atoms with van der Waals surface area (Å²) in [7, 11) is -3.41. The molecule has 0 saturated carbocycles. The first-order valence-corrected chi connectivity index (χ1v) is 8.81. The average molecular weight is 354 g/mol. The van der Waals surface area contributed by atoms with Crippen LogP contribution in [-0.2, 0) is 10.0 Å². The SMILES string of the molecule is Cc1cc(S(=O)(=O)N2CCC(O)C(C)C2)sc1Br. The van der Waals surface area contributed by atoms with Crippen molar-refractivity contribution >= 4 is 37.3 Å². The van der Waals surface area contributed by atoms with Gasteiger partial charge in [0.25, 0.3) is 10.0 Å². The molecular weight excluding hydrogens is 338 g/mol. The zero-order chi connectivity index (χ0) is 13.5. The van der Waals surface area contributed by atoms with Crippen LogP contribution in [0.15, 0.2) is 14.1 Å². The Morgan fingerprint density at radius 2 is 2.22 bits per heavy atom. The summed E-state index contributed by atoms with van der Waals surface area (Å²) in [6.07, 6.45) is 0.111. The van der Waals surface area contributed by atoms with E-state index in [2.05, 4.69) is 15.9 Å². The normalized spacial score (nSPS) is 26.4. The van der Waals surface area contributed by atoms with Gasteiger partial charge in [-0.2, -0.15) is 4.31 Å². The molecule has 1 aromatic heterocycles. The zero-order valence-corrected chi connectivity index (χ0v) is 13.5. The molecule has 2 unspecified atom stereocenters. The summed E-state index contributed by atoms with van der Waals surface area (Å²) in [5, 5.41) is 9.65. The van der Waals surface area contributed by atoms with E-state index in [1.54, 1.807) is 6.07 Å². The van der Waals surface area contributed by atoms with Gasteiger partial charge in [-0.05, 0) is 46.8 Å². The van der Waals surface area contributed by atoms with Gasteiger partial charge in [-0.15, -0.1) is 11.3 Å². The molecule has 0 spiro atoms. The van der Waals surface area contributed by atoms with Crippen molar-refractivity contribution in [3.05, 3.63) is 15.4 Å². The summed E-state index contributed by atoms with van der Waals surface area (Å²) in [6, 6.07) is 1.69. The fourth-order valence-corrected chi connectivity index (χ4v) is 5.94. The second kappa shape index (κ2) is 5.20. The van der Waals surface area contributed by atoms with Gasteiger partial charge < -0.3 is 5.11 Å². The van der Waals surface area contributed by atoms with E-state index in [9.17, 15) is 13.5 Å². The van der Waals surface area contributed by atoms with Crippen molar-refractivity contribution in [2.75, 3.05) is 13.1 Å². The molecule has 2 heterocycles. The Morgan fingerprint density at radius 1 is 1.56 bits per heavy atom. The first-order valence-electron chi connectivity index (χ1n) is 5.76. The summed E-state index contributed by atoms with van der Waals surface area (Å²) < 4.78 is 27.6. The lowest BCUT2D eigenvalue weighted by Crippen LogP contribution is -2.44. The van der Waals surface area contributed by atoms with Crippen LogP contribution in [0, 0.1) is 12.8 Å². The number of hydrogen-bond acceptors (Lipinski definition) is 4. The molecule has 4 nitrogen and oxygen atoms in total. The number of piperidine rings is 1. The van der Waals surface area contributed by atoms with E-state index in [0.29, 0.717) is 23.7 Å². The molecule has 0 aliphatic carbocycles. The van der Waals surface area contributed by atoms with Crippen LogP contribution in [0.4, 0.5) is 0 Å². The van der Waals surface area contributed by atoms with Crippen molar-refractivity contribution in [3.63, 3.8) is 0 Å². The van der Waals surface area contributed by atoms with Crippen molar-refractivity contribution in [2.45, 2.75) is 30.6 Å². The highest BCUT2D eigenvalue weighted by atomic mass is 79.9. The predicted octanol–water partition coefficient (Wildman–Crippen LogP) is 2.21. The van der Waals surface area contributed by atoms with Crippen molar-refractivity contribution in [1.29, 1.82) is 0 Å². The molecule has 0 radical (unpaired) electrons. The Labute approximate surface area is 120 Å². The zero-order valence-electron chi connectivity index (χ0n) is 10.3. The van der Waals surface area contributed by atoms with Crippen LogP contribution in [0.3, 0.4) is 0 Å². The summed E-state index contributed by atoms with van der Waals surface area (Å²) in [5.41, 5.74) is 0.934. The van der Waals surface area contributed by atoms with Crippen LogP contribution in [0.25, 0.3) is 0 Å². The van der Waals surface area contributed by atoms with Gasteiger partial charge in [-0.3, -0.25) is 0 Å². The van der Waals surface area contributed by atoms with Crippen LogP contribution < -0.4 is 0 Å². The number of thiophene rings is 1. The van der Waals surface area contributed by atoms with Crippen LogP contribution >= 0.6 is 27.3 Å². The van der Waals surface area contributed by atoms with E-state index in [1.165, 1.54) is 15.6 Å². The summed E-state index contributed by atoms with van der Waals surface area (Å²) in [4.78, 5) is 0. The Balaban J connectivity index is 2.26. The monoisotopic (exact) mass is 353 g/mol. The molecule has 0 amide bonds. The lowest BCUT2D eigenvalue weighted by molar-refractivity contribution is 0.0629. The molecule has 1 aliphatic heterocycles. The minimum Gasteiger partial charge on any atom is -0.393 e. The molecule has 2 rings (SSSR count). The van der Waals surface area contributed by atoms with Crippen molar-refractivity contribution < 1.29 is 13.5 Å². The first kappa shape index (κ1) is 14.5. The van der Waals surface area contributed by atoms with Crippen molar-refractivity contribution in [2.24, 2.45) is 5.92 Å². The van der Waals surface area contributed by atoms with Gasteiger partial charge in [0.15, 0.2) is 0 Å². The van der Waals surface area contributed by atoms with Gasteiger partial charge >= 0.3 is 0 Å². The van der Waals surface area contributed by atoms with Gasteiger partial charge in [-0.1, -0.05) is 6.92 Å². The molecular formula is C11H16BrNO3S2. The first-order chi connectivity index (χ1) is 8.32. The lowest BCUT2D eigenvalue weighted by atomic mass is 9.99. The highest BCUT2D eigenvalue weighted by molar-refractivity contribution is 9.11. The molecule has 0 bridgehead atoms. The number of aryl methyl sites for hydroxylation is 1. The standard InChI is InChI=1S/C11H16BrNO3S2/c1-7-5-10(17-11(7)12)18(15,16)13-4-3-9(14)8(2)6-13/h5,8-9,14H,3-4,6H2,1-2H3. The van der Waals surface area contributed by atoms with Gasteiger partial charge in [0, 0.05) is 13.1 Å². The molecule has 2 atom stereocenters. The minimum absolute atomic E-state index is 0.0157. The molecule has 1 aromatic rings. The predicted molar refractivity (Wildman–Crippen MR) is 75.3 cm³/mol. The van der Waals surface area contributed by atoms with E-state index < -0.39 is 16.1 Å². The highest BCUT2D eigenvalue weighted by Gasteiger charge is 2.33. The number of aliphatic hydroxyl groups excluding tert-OH is 1. The summed E-state index contributed by atoms with van der Waals surface area (Å²) >= 11 is 4.59. The smallest absolute Gasteiger partial charge is 0.252 e. The number of aliphatic hydroxyl groups is 1. The minimum atomic E-state index is -3.41. The largest absolute Gasteiger partial charge is 0.393 e. The molecule has 0 aromatic carbocycles. The van der Waals surface area contributed by atoms with Crippen LogP contribution in [0.1, 0.15) is 18.9 Å². The number of sulfonamides is 1. The second-order valence-corrected chi connectivity index (χ2v) is 9.25. The molecule has 7 heteroatoms. The molecule has 1 aliphatic rings. The van der Waals surface area contributed by atoms with E-state index in [-0.39, 0.29) is 5.92 Å². The molecule has 18 heavy (non-hydrogen) atoms. The Kier molecular flexibility index (Phi) is 4.18. The number of rotatable bonds is 2. The van der Waals surface area contributed by atoms with E-state index >= 15 is 0 Å². The Morgan fingerprint density at radius 3 is 2.72 bits per heavy atom. The lowest BCUT2D eigenvalue weighted by Gasteiger charge is -2.33. The topological polar surface area (TPSA) is 57.6 Å². The maximum Gasteiger partial charge on any atom is 0.252 e. The quantitative estimate of drug-likeness (QED) is 0.886. The third-order valence-corrected chi connectivity index (χ3v) is 7.70. The second-order valence-electron chi connectivity index (χ2n) is 4.72. The number of hydrogen-bond donors (Lipinski definition) is 1. The maximum absolute atomic E-state index is 12.4. The van der Waals surface area contributed by atoms with Gasteiger partial charge in [0.05, 0.1) is 9.89 Å². The van der Waals surface area contributed by atoms with Crippen LogP contribution in [0.2, 0.25) is 0 Å². The van der Waals surface area contributed by atoms with E-state index in [0.717, 1.165) is 9.35 Å². The Hall–Kier alpha value is 0.0500. The maximum atomic E-state index is 12.4. The highest BCUT2D eigenvalue weighted by Crippen LogP contribution is 2.33. The van der Waals surface area contributed by atoms with Gasteiger partial charge in [0.2, 0.25) is 0 Å². The average Bonchev–Trinajstić information content (AvgIpc) is 2.64. The van der Waals surface area contributed by atoms with Crippen molar-refractivity contribution in [3.8, 4) is 0 Å². The van der Waals surface area contributed by atoms with Gasteiger partial charge in [-0.25, -0.2) is 8.42 Å². The van der Waals surface area contributed by atoms with E-state index in [4.69, 9.17) is 0 Å². The van der Waals surface area contributed by atoms with Crippen LogP contribution in [0.5, 0.6) is 0 Å². The van der Waals surface area contributed by atoms with Crippen molar-refractivity contribution in [1.82, 2.24) is 4.31 Å². The molecule has 102 valence electrons. The number of halogens is 1. The molecule has 1 fully saturated rings. The fraction of sp³-hybridized carbons (Fsp3) is 0.636. The summed E-state index contributed by atoms with van der Waals surface area (Å²) in [5.74, 6) is -0.0157. The third kappa shape index (κ3) is 2.65. The molecule has 1 saturated heterocycles. The van der Waals surface area contributed by atoms with Crippen LogP contribution in [-0.4, -0.2) is 37.0 Å². The van der Waals surface area contributed by atoms with E-state index in [1.807, 2.05) is 13.8 Å². The Bertz CT molecular complexity index is 521. The third-order valence-electron chi connectivity index (χ3n) is 3.25. The molecule has 1 N–H and O–H groups in total. The van der Waals surface area contributed by atoms with Gasteiger partial charge in [0.1, 0.15) is 4.21 Å². The fourth-order valence-electron chi connectivity index (χ4n) is 2.00. The number of nitrogens with zero attached hydrogens (tertiary/aromatic N) is 1. The summed E-state index contributed by atoms with van der Waals surface area (Å²) in [6.45, 7) is 4.53.